The van der Waals surface area contributed by atoms with Gasteiger partial charge in [0.05, 0.1) is 30.9 Å². The lowest BCUT2D eigenvalue weighted by molar-refractivity contribution is -0.143. The predicted octanol–water partition coefficient (Wildman–Crippen LogP) is 5.50. The highest BCUT2D eigenvalue weighted by Crippen LogP contribution is 2.40. The number of nitrogens with one attached hydrogen (secondary N) is 1. The van der Waals surface area contributed by atoms with Gasteiger partial charge >= 0.3 is 12.4 Å². The molecule has 6 nitrogen and oxygen atoms in total. The van der Waals surface area contributed by atoms with Crippen LogP contribution in [0.1, 0.15) is 54.0 Å². The lowest BCUT2D eigenvalue weighted by Crippen LogP contribution is -2.53. The van der Waals surface area contributed by atoms with Crippen molar-refractivity contribution in [3.05, 3.63) is 70.5 Å². The third kappa shape index (κ3) is 8.56. The predicted molar refractivity (Wildman–Crippen MR) is 142 cm³/mol. The van der Waals surface area contributed by atoms with Gasteiger partial charge in [0.1, 0.15) is 11.9 Å². The van der Waals surface area contributed by atoms with Gasteiger partial charge in [0, 0.05) is 18.5 Å². The summed E-state index contributed by atoms with van der Waals surface area (Å²) in [5, 5.41) is 11.7. The fourth-order valence-corrected chi connectivity index (χ4v) is 5.40. The van der Waals surface area contributed by atoms with Gasteiger partial charge in [0.25, 0.3) is 0 Å². The molecule has 2 aromatic rings. The lowest BCUT2D eigenvalue weighted by Gasteiger charge is -2.42. The Labute approximate surface area is 245 Å². The number of hydrazine groups is 1. The van der Waals surface area contributed by atoms with Crippen LogP contribution in [0.3, 0.4) is 0 Å². The summed E-state index contributed by atoms with van der Waals surface area (Å²) >= 11 is 0. The molecule has 4 rings (SSSR count). The van der Waals surface area contributed by atoms with Crippen LogP contribution < -0.4 is 5.43 Å². The van der Waals surface area contributed by atoms with Crippen molar-refractivity contribution in [2.75, 3.05) is 45.9 Å². The standard InChI is InChI=1S/C28H32F7N3O3.ClH/c29-23-5-3-20(4-6-23)26(7-11-38(12-8-26)36-25(40)16-37-9-1-2-10-37)18-41-24(17-39)19-13-21(27(30,31)32)15-22(14-19)28(33,34)35;/h3-6,13-15,24,39H,1-2,7-12,16-18H2,(H,36,40);1H. The molecule has 0 spiro atoms. The number of rotatable bonds is 9. The van der Waals surface area contributed by atoms with Crippen LogP contribution >= 0.6 is 12.4 Å². The minimum Gasteiger partial charge on any atom is -0.393 e. The van der Waals surface area contributed by atoms with Gasteiger partial charge in [-0.05, 0) is 80.2 Å². The van der Waals surface area contributed by atoms with Crippen LogP contribution in [0, 0.1) is 5.82 Å². The van der Waals surface area contributed by atoms with Gasteiger partial charge in [-0.2, -0.15) is 26.3 Å². The Morgan fingerprint density at radius 3 is 1.98 bits per heavy atom. The molecule has 2 saturated heterocycles. The van der Waals surface area contributed by atoms with Crippen LogP contribution in [0.2, 0.25) is 0 Å². The molecule has 2 aliphatic heterocycles. The Morgan fingerprint density at radius 2 is 1.48 bits per heavy atom. The minimum atomic E-state index is -5.04. The van der Waals surface area contributed by atoms with E-state index in [1.807, 2.05) is 0 Å². The Balaban J connectivity index is 0.00000484. The number of piperidine rings is 1. The molecule has 0 aliphatic carbocycles. The SMILES string of the molecule is Cl.O=C(CN1CCCC1)NN1CCC(COC(CO)c2cc(C(F)(F)F)cc(C(F)(F)F)c2)(c2ccc(F)cc2)CC1. The number of halogens is 8. The number of aliphatic hydroxyl groups excluding tert-OH is 1. The van der Waals surface area contributed by atoms with Crippen LogP contribution in [0.4, 0.5) is 30.7 Å². The molecule has 2 fully saturated rings. The Kier molecular flexibility index (Phi) is 11.3. The van der Waals surface area contributed by atoms with E-state index >= 15 is 0 Å². The van der Waals surface area contributed by atoms with Crippen molar-refractivity contribution in [2.24, 2.45) is 0 Å². The Morgan fingerprint density at radius 1 is 0.929 bits per heavy atom. The maximum absolute atomic E-state index is 13.7. The number of aliphatic hydroxyl groups is 1. The number of benzene rings is 2. The van der Waals surface area contributed by atoms with E-state index in [0.717, 1.165) is 25.9 Å². The zero-order chi connectivity index (χ0) is 29.8. The van der Waals surface area contributed by atoms with Gasteiger partial charge in [0.15, 0.2) is 0 Å². The van der Waals surface area contributed by atoms with Gasteiger partial charge in [-0.25, -0.2) is 9.40 Å². The molecule has 14 heteroatoms. The maximum Gasteiger partial charge on any atom is 0.416 e. The molecule has 0 bridgehead atoms. The third-order valence-corrected chi connectivity index (χ3v) is 7.73. The number of amides is 1. The van der Waals surface area contributed by atoms with Gasteiger partial charge < -0.3 is 9.84 Å². The second-order valence-electron chi connectivity index (χ2n) is 10.6. The molecule has 42 heavy (non-hydrogen) atoms. The molecular formula is C28H33ClF7N3O3. The summed E-state index contributed by atoms with van der Waals surface area (Å²) in [7, 11) is 0. The first-order valence-electron chi connectivity index (χ1n) is 13.3. The van der Waals surface area contributed by atoms with Crippen molar-refractivity contribution < 1.29 is 45.4 Å². The first-order valence-corrected chi connectivity index (χ1v) is 13.3. The van der Waals surface area contributed by atoms with E-state index < -0.39 is 53.0 Å². The molecule has 2 N–H and O–H groups in total. The van der Waals surface area contributed by atoms with Crippen molar-refractivity contribution in [1.29, 1.82) is 0 Å². The molecule has 234 valence electrons. The highest BCUT2D eigenvalue weighted by Gasteiger charge is 2.40. The molecule has 1 amide bonds. The summed E-state index contributed by atoms with van der Waals surface area (Å²) in [5.74, 6) is -0.629. The van der Waals surface area contributed by atoms with Crippen LogP contribution in [-0.2, 0) is 27.3 Å². The van der Waals surface area contributed by atoms with Crippen LogP contribution in [0.25, 0.3) is 0 Å². The van der Waals surface area contributed by atoms with Gasteiger partial charge in [0.2, 0.25) is 5.91 Å². The number of carbonyl (C=O) groups excluding carboxylic acids is 1. The molecular weight excluding hydrogens is 595 g/mol. The van der Waals surface area contributed by atoms with Crippen molar-refractivity contribution in [3.63, 3.8) is 0 Å². The fourth-order valence-electron chi connectivity index (χ4n) is 5.40. The normalized spacial score (nSPS) is 18.9. The second-order valence-corrected chi connectivity index (χ2v) is 10.6. The van der Waals surface area contributed by atoms with Gasteiger partial charge in [-0.15, -0.1) is 12.4 Å². The van der Waals surface area contributed by atoms with Crippen LogP contribution in [0.5, 0.6) is 0 Å². The third-order valence-electron chi connectivity index (χ3n) is 7.73. The van der Waals surface area contributed by atoms with E-state index in [2.05, 4.69) is 10.3 Å². The number of carbonyl (C=O) groups is 1. The fraction of sp³-hybridized carbons (Fsp3) is 0.536. The van der Waals surface area contributed by atoms with Gasteiger partial charge in [-0.1, -0.05) is 12.1 Å². The minimum absolute atomic E-state index is 0. The van der Waals surface area contributed by atoms with Crippen LogP contribution in [-0.4, -0.2) is 66.9 Å². The number of hydrogen-bond acceptors (Lipinski definition) is 5. The molecule has 0 saturated carbocycles. The summed E-state index contributed by atoms with van der Waals surface area (Å²) in [5.41, 5.74) is -0.719. The maximum atomic E-state index is 13.7. The number of ether oxygens (including phenoxy) is 1. The lowest BCUT2D eigenvalue weighted by atomic mass is 9.73. The van der Waals surface area contributed by atoms with Crippen molar-refractivity contribution in [2.45, 2.75) is 49.6 Å². The summed E-state index contributed by atoms with van der Waals surface area (Å²) in [6.07, 6.45) is -8.70. The second kappa shape index (κ2) is 13.9. The first-order chi connectivity index (χ1) is 19.3. The topological polar surface area (TPSA) is 65.0 Å². The quantitative estimate of drug-likeness (QED) is 0.360. The van der Waals surface area contributed by atoms with E-state index in [1.165, 1.54) is 12.1 Å². The molecule has 0 radical (unpaired) electrons. The number of nitrogens with zero attached hydrogens (tertiary/aromatic N) is 2. The average molecular weight is 628 g/mol. The highest BCUT2D eigenvalue weighted by atomic mass is 35.5. The van der Waals surface area contributed by atoms with E-state index in [-0.39, 0.29) is 37.5 Å². The highest BCUT2D eigenvalue weighted by molar-refractivity contribution is 5.85. The number of likely N-dealkylation sites (tertiary alicyclic amines) is 1. The van der Waals surface area contributed by atoms with Crippen molar-refractivity contribution in [3.8, 4) is 0 Å². The summed E-state index contributed by atoms with van der Waals surface area (Å²) in [6, 6.07) is 6.73. The van der Waals surface area contributed by atoms with Crippen molar-refractivity contribution >= 4 is 18.3 Å². The number of alkyl halides is 6. The molecule has 1 atom stereocenters. The van der Waals surface area contributed by atoms with E-state index in [9.17, 15) is 40.6 Å². The summed E-state index contributed by atoms with van der Waals surface area (Å²) in [4.78, 5) is 14.6. The Hall–Kier alpha value is -2.45. The van der Waals surface area contributed by atoms with Crippen molar-refractivity contribution in [1.82, 2.24) is 15.3 Å². The van der Waals surface area contributed by atoms with E-state index in [1.54, 1.807) is 17.1 Å². The first kappa shape index (κ1) is 34.0. The average Bonchev–Trinajstić information content (AvgIpc) is 3.42. The zero-order valence-corrected chi connectivity index (χ0v) is 23.4. The summed E-state index contributed by atoms with van der Waals surface area (Å²) < 4.78 is 99.9. The molecule has 2 heterocycles. The van der Waals surface area contributed by atoms with E-state index in [4.69, 9.17) is 4.74 Å². The molecule has 2 aliphatic rings. The molecule has 0 aromatic heterocycles. The van der Waals surface area contributed by atoms with E-state index in [0.29, 0.717) is 43.6 Å². The number of hydrogen-bond donors (Lipinski definition) is 2. The smallest absolute Gasteiger partial charge is 0.393 e. The molecule has 2 aromatic carbocycles. The monoisotopic (exact) mass is 627 g/mol. The molecule has 1 unspecified atom stereocenters. The Bertz CT molecular complexity index is 1150. The summed E-state index contributed by atoms with van der Waals surface area (Å²) in [6.45, 7) is 1.71. The van der Waals surface area contributed by atoms with Gasteiger partial charge in [-0.3, -0.25) is 15.1 Å². The zero-order valence-electron chi connectivity index (χ0n) is 22.6. The van der Waals surface area contributed by atoms with Crippen LogP contribution in [0.15, 0.2) is 42.5 Å². The largest absolute Gasteiger partial charge is 0.416 e.